The third-order valence-corrected chi connectivity index (χ3v) is 6.97. The Bertz CT molecular complexity index is 768. The van der Waals surface area contributed by atoms with E-state index < -0.39 is 10.0 Å². The molecule has 7 nitrogen and oxygen atoms in total. The van der Waals surface area contributed by atoms with Gasteiger partial charge in [-0.1, -0.05) is 18.6 Å². The fourth-order valence-electron chi connectivity index (χ4n) is 3.44. The van der Waals surface area contributed by atoms with Crippen LogP contribution in [0.5, 0.6) is 0 Å². The van der Waals surface area contributed by atoms with Crippen molar-refractivity contribution in [3.05, 3.63) is 29.8 Å². The molecular weight excluding hydrogens is 390 g/mol. The lowest BCUT2D eigenvalue weighted by Crippen LogP contribution is -2.55. The minimum atomic E-state index is -3.61. The first-order valence-electron chi connectivity index (χ1n) is 9.03. The van der Waals surface area contributed by atoms with Gasteiger partial charge in [0.05, 0.1) is 10.9 Å². The Balaban J connectivity index is 0.00000261. The molecule has 0 radical (unpaired) electrons. The second-order valence-corrected chi connectivity index (χ2v) is 8.75. The van der Waals surface area contributed by atoms with E-state index >= 15 is 0 Å². The first-order valence-corrected chi connectivity index (χ1v) is 10.5. The van der Waals surface area contributed by atoms with Crippen molar-refractivity contribution in [2.24, 2.45) is 0 Å². The lowest BCUT2D eigenvalue weighted by molar-refractivity contribution is -0.135. The van der Waals surface area contributed by atoms with Gasteiger partial charge in [0.1, 0.15) is 0 Å². The Kier molecular flexibility index (Phi) is 7.39. The molecule has 0 aliphatic carbocycles. The minimum Gasteiger partial charge on any atom is -0.339 e. The molecule has 150 valence electrons. The lowest BCUT2D eigenvalue weighted by Gasteiger charge is -2.36. The number of Topliss-reactive ketones (excluding diaryl/α,β-unsaturated/α-hetero) is 1. The predicted molar refractivity (Wildman–Crippen MR) is 105 cm³/mol. The minimum absolute atomic E-state index is 0. The number of carbonyl (C=O) groups excluding carboxylic acids is 2. The summed E-state index contributed by atoms with van der Waals surface area (Å²) in [5.74, 6) is -0.0232. The molecule has 2 fully saturated rings. The fourth-order valence-corrected chi connectivity index (χ4v) is 4.86. The van der Waals surface area contributed by atoms with Crippen LogP contribution in [0.2, 0.25) is 0 Å². The number of nitrogens with zero attached hydrogens (tertiary/aromatic N) is 2. The van der Waals surface area contributed by atoms with Gasteiger partial charge >= 0.3 is 0 Å². The normalized spacial score (nSPS) is 21.4. The number of rotatable bonds is 4. The molecule has 1 amide bonds. The molecule has 9 heteroatoms. The molecular formula is C18H26ClN3O4S. The van der Waals surface area contributed by atoms with E-state index in [9.17, 15) is 18.0 Å². The summed E-state index contributed by atoms with van der Waals surface area (Å²) in [6, 6.07) is 5.87. The summed E-state index contributed by atoms with van der Waals surface area (Å²) in [5, 5.41) is 3.25. The van der Waals surface area contributed by atoms with Crippen molar-refractivity contribution in [1.82, 2.24) is 14.5 Å². The Hall–Kier alpha value is -1.48. The fraction of sp³-hybridized carbons (Fsp3) is 0.556. The predicted octanol–water partition coefficient (Wildman–Crippen LogP) is 1.29. The molecule has 1 atom stereocenters. The van der Waals surface area contributed by atoms with E-state index in [2.05, 4.69) is 5.32 Å². The van der Waals surface area contributed by atoms with Crippen molar-refractivity contribution in [3.8, 4) is 0 Å². The van der Waals surface area contributed by atoms with Crippen molar-refractivity contribution >= 4 is 34.1 Å². The SMILES string of the molecule is CC(=O)c1ccc(S(=O)(=O)N2CCN(C(=O)C3CCCCN3)CC2)cc1.Cl. The highest BCUT2D eigenvalue weighted by molar-refractivity contribution is 7.89. The average Bonchev–Trinajstić information content (AvgIpc) is 2.68. The number of ketones is 1. The topological polar surface area (TPSA) is 86.8 Å². The Morgan fingerprint density at radius 1 is 1.04 bits per heavy atom. The maximum Gasteiger partial charge on any atom is 0.243 e. The Morgan fingerprint density at radius 3 is 2.19 bits per heavy atom. The van der Waals surface area contributed by atoms with Gasteiger partial charge in [-0.25, -0.2) is 8.42 Å². The Morgan fingerprint density at radius 2 is 1.67 bits per heavy atom. The highest BCUT2D eigenvalue weighted by Crippen LogP contribution is 2.19. The first kappa shape index (κ1) is 21.8. The molecule has 2 heterocycles. The van der Waals surface area contributed by atoms with Crippen LogP contribution in [-0.4, -0.2) is 68.1 Å². The molecule has 27 heavy (non-hydrogen) atoms. The van der Waals surface area contributed by atoms with Crippen LogP contribution in [0.1, 0.15) is 36.5 Å². The molecule has 2 saturated heterocycles. The third-order valence-electron chi connectivity index (χ3n) is 5.06. The zero-order valence-electron chi connectivity index (χ0n) is 15.4. The summed E-state index contributed by atoms with van der Waals surface area (Å²) in [6.07, 6.45) is 2.99. The first-order chi connectivity index (χ1) is 12.4. The number of amides is 1. The number of piperazine rings is 1. The number of halogens is 1. The second kappa shape index (κ2) is 9.14. The van der Waals surface area contributed by atoms with E-state index in [4.69, 9.17) is 0 Å². The zero-order chi connectivity index (χ0) is 18.7. The van der Waals surface area contributed by atoms with Crippen LogP contribution in [0, 0.1) is 0 Å². The quantitative estimate of drug-likeness (QED) is 0.748. The second-order valence-electron chi connectivity index (χ2n) is 6.81. The van der Waals surface area contributed by atoms with Gasteiger partial charge in [0, 0.05) is 31.7 Å². The van der Waals surface area contributed by atoms with Crippen molar-refractivity contribution in [3.63, 3.8) is 0 Å². The standard InChI is InChI=1S/C18H25N3O4S.ClH/c1-14(22)15-5-7-16(8-6-15)26(24,25)21-12-10-20(11-13-21)18(23)17-4-2-3-9-19-17;/h5-8,17,19H,2-4,9-13H2,1H3;1H. The maximum atomic E-state index is 12.8. The third kappa shape index (κ3) is 4.87. The molecule has 1 N–H and O–H groups in total. The average molecular weight is 416 g/mol. The number of carbonyl (C=O) groups is 2. The van der Waals surface area contributed by atoms with Gasteiger partial charge in [0.2, 0.25) is 15.9 Å². The summed E-state index contributed by atoms with van der Waals surface area (Å²) in [5.41, 5.74) is 0.486. The lowest BCUT2D eigenvalue weighted by atomic mass is 10.0. The van der Waals surface area contributed by atoms with Crippen LogP contribution >= 0.6 is 12.4 Å². The molecule has 0 spiro atoms. The van der Waals surface area contributed by atoms with Gasteiger partial charge in [-0.05, 0) is 38.4 Å². The molecule has 1 aromatic rings. The van der Waals surface area contributed by atoms with Crippen LogP contribution in [0.25, 0.3) is 0 Å². The molecule has 0 aromatic heterocycles. The van der Waals surface area contributed by atoms with E-state index in [1.165, 1.54) is 35.5 Å². The molecule has 2 aliphatic rings. The largest absolute Gasteiger partial charge is 0.339 e. The summed E-state index contributed by atoms with van der Waals surface area (Å²) in [4.78, 5) is 25.8. The van der Waals surface area contributed by atoms with Gasteiger partial charge in [-0.15, -0.1) is 12.4 Å². The van der Waals surface area contributed by atoms with Crippen LogP contribution in [0.15, 0.2) is 29.2 Å². The van der Waals surface area contributed by atoms with Gasteiger partial charge < -0.3 is 10.2 Å². The maximum absolute atomic E-state index is 12.8. The summed E-state index contributed by atoms with van der Waals surface area (Å²) in [6.45, 7) is 3.69. The van der Waals surface area contributed by atoms with Crippen LogP contribution in [-0.2, 0) is 14.8 Å². The molecule has 1 unspecified atom stereocenters. The summed E-state index contributed by atoms with van der Waals surface area (Å²) >= 11 is 0. The number of benzene rings is 1. The number of hydrogen-bond donors (Lipinski definition) is 1. The number of sulfonamides is 1. The highest BCUT2D eigenvalue weighted by atomic mass is 35.5. The molecule has 1 aromatic carbocycles. The van der Waals surface area contributed by atoms with Gasteiger partial charge in [-0.3, -0.25) is 9.59 Å². The van der Waals surface area contributed by atoms with Gasteiger partial charge in [0.25, 0.3) is 0 Å². The molecule has 0 bridgehead atoms. The van der Waals surface area contributed by atoms with Gasteiger partial charge in [0.15, 0.2) is 5.78 Å². The van der Waals surface area contributed by atoms with E-state index in [1.54, 1.807) is 4.90 Å². The van der Waals surface area contributed by atoms with E-state index in [0.29, 0.717) is 18.7 Å². The molecule has 3 rings (SSSR count). The van der Waals surface area contributed by atoms with Crippen molar-refractivity contribution < 1.29 is 18.0 Å². The van der Waals surface area contributed by atoms with Crippen molar-refractivity contribution in [2.75, 3.05) is 32.7 Å². The van der Waals surface area contributed by atoms with Gasteiger partial charge in [-0.2, -0.15) is 4.31 Å². The zero-order valence-corrected chi connectivity index (χ0v) is 17.0. The number of piperidine rings is 1. The van der Waals surface area contributed by atoms with Crippen molar-refractivity contribution in [1.29, 1.82) is 0 Å². The van der Waals surface area contributed by atoms with E-state index in [-0.39, 0.29) is 48.1 Å². The van der Waals surface area contributed by atoms with Crippen LogP contribution in [0.3, 0.4) is 0 Å². The molecule has 0 saturated carbocycles. The number of hydrogen-bond acceptors (Lipinski definition) is 5. The van der Waals surface area contributed by atoms with E-state index in [1.807, 2.05) is 0 Å². The van der Waals surface area contributed by atoms with Crippen molar-refractivity contribution in [2.45, 2.75) is 37.1 Å². The summed E-state index contributed by atoms with van der Waals surface area (Å²) in [7, 11) is -3.61. The van der Waals surface area contributed by atoms with Crippen LogP contribution in [0.4, 0.5) is 0 Å². The number of nitrogens with one attached hydrogen (secondary N) is 1. The monoisotopic (exact) mass is 415 g/mol. The summed E-state index contributed by atoms with van der Waals surface area (Å²) < 4.78 is 27.0. The molecule has 2 aliphatic heterocycles. The van der Waals surface area contributed by atoms with Crippen LogP contribution < -0.4 is 5.32 Å². The Labute approximate surface area is 166 Å². The highest BCUT2D eigenvalue weighted by Gasteiger charge is 2.32. The van der Waals surface area contributed by atoms with E-state index in [0.717, 1.165) is 25.8 Å². The smallest absolute Gasteiger partial charge is 0.243 e.